The largest absolute Gasteiger partial charge is 0.475 e. The molecule has 3 aromatic carbocycles. The van der Waals surface area contributed by atoms with Crippen molar-refractivity contribution >= 4 is 0 Å². The van der Waals surface area contributed by atoms with Crippen LogP contribution in [0.1, 0.15) is 18.1 Å². The summed E-state index contributed by atoms with van der Waals surface area (Å²) in [5.41, 5.74) is 3.62. The van der Waals surface area contributed by atoms with Gasteiger partial charge >= 0.3 is 0 Å². The van der Waals surface area contributed by atoms with E-state index in [0.717, 1.165) is 24.5 Å². The summed E-state index contributed by atoms with van der Waals surface area (Å²) in [6, 6.07) is 29.1. The van der Waals surface area contributed by atoms with Gasteiger partial charge < -0.3 is 9.30 Å². The SMILES string of the molecule is CC(Oc1ccccc1)N(Cc1ccccc1)Cc1ccc(-n2ccnc2)cc1. The zero-order valence-electron chi connectivity index (χ0n) is 16.6. The van der Waals surface area contributed by atoms with Crippen molar-refractivity contribution in [1.29, 1.82) is 0 Å². The van der Waals surface area contributed by atoms with Crippen molar-refractivity contribution in [3.8, 4) is 11.4 Å². The van der Waals surface area contributed by atoms with E-state index >= 15 is 0 Å². The molecule has 0 saturated carbocycles. The molecule has 1 heterocycles. The summed E-state index contributed by atoms with van der Waals surface area (Å²) in [6.45, 7) is 3.72. The van der Waals surface area contributed by atoms with E-state index in [2.05, 4.69) is 65.3 Å². The van der Waals surface area contributed by atoms with Gasteiger partial charge in [-0.2, -0.15) is 0 Å². The number of hydrogen-bond acceptors (Lipinski definition) is 3. The average Bonchev–Trinajstić information content (AvgIpc) is 3.30. The molecular formula is C25H25N3O. The van der Waals surface area contributed by atoms with Gasteiger partial charge in [0.2, 0.25) is 0 Å². The second kappa shape index (κ2) is 9.22. The fourth-order valence-corrected chi connectivity index (χ4v) is 3.32. The molecule has 0 fully saturated rings. The van der Waals surface area contributed by atoms with Crippen LogP contribution in [0.2, 0.25) is 0 Å². The first-order chi connectivity index (χ1) is 14.3. The van der Waals surface area contributed by atoms with Gasteiger partial charge in [0.25, 0.3) is 0 Å². The molecular weight excluding hydrogens is 358 g/mol. The van der Waals surface area contributed by atoms with Crippen LogP contribution in [0, 0.1) is 0 Å². The van der Waals surface area contributed by atoms with Gasteiger partial charge in [-0.1, -0.05) is 60.7 Å². The third-order valence-electron chi connectivity index (χ3n) is 4.92. The van der Waals surface area contributed by atoms with E-state index in [1.54, 1.807) is 6.20 Å². The minimum atomic E-state index is -0.0640. The first kappa shape index (κ1) is 19.0. The van der Waals surface area contributed by atoms with Gasteiger partial charge in [0, 0.05) is 31.2 Å². The summed E-state index contributed by atoms with van der Waals surface area (Å²) < 4.78 is 8.22. The number of nitrogens with zero attached hydrogens (tertiary/aromatic N) is 3. The van der Waals surface area contributed by atoms with E-state index in [1.165, 1.54) is 11.1 Å². The van der Waals surface area contributed by atoms with Crippen molar-refractivity contribution in [3.63, 3.8) is 0 Å². The Hall–Kier alpha value is -3.37. The second-order valence-corrected chi connectivity index (χ2v) is 7.06. The van der Waals surface area contributed by atoms with Gasteiger partial charge in [-0.05, 0) is 42.3 Å². The third kappa shape index (κ3) is 5.12. The monoisotopic (exact) mass is 383 g/mol. The smallest absolute Gasteiger partial charge is 0.150 e. The minimum Gasteiger partial charge on any atom is -0.475 e. The normalized spacial score (nSPS) is 12.1. The Morgan fingerprint density at radius 2 is 1.45 bits per heavy atom. The highest BCUT2D eigenvalue weighted by molar-refractivity contribution is 5.34. The fourth-order valence-electron chi connectivity index (χ4n) is 3.32. The predicted molar refractivity (Wildman–Crippen MR) is 116 cm³/mol. The van der Waals surface area contributed by atoms with E-state index in [9.17, 15) is 0 Å². The lowest BCUT2D eigenvalue weighted by Crippen LogP contribution is -2.36. The quantitative estimate of drug-likeness (QED) is 0.387. The molecule has 0 saturated heterocycles. The molecule has 0 radical (unpaired) electrons. The second-order valence-electron chi connectivity index (χ2n) is 7.06. The zero-order chi connectivity index (χ0) is 19.9. The van der Waals surface area contributed by atoms with Crippen LogP contribution in [0.25, 0.3) is 5.69 Å². The molecule has 0 aliphatic carbocycles. The van der Waals surface area contributed by atoms with Crippen molar-refractivity contribution in [2.45, 2.75) is 26.2 Å². The van der Waals surface area contributed by atoms with Gasteiger partial charge in [0.15, 0.2) is 0 Å². The molecule has 0 N–H and O–H groups in total. The van der Waals surface area contributed by atoms with Crippen LogP contribution in [0.15, 0.2) is 104 Å². The van der Waals surface area contributed by atoms with E-state index in [1.807, 2.05) is 53.5 Å². The maximum Gasteiger partial charge on any atom is 0.150 e. The molecule has 4 nitrogen and oxygen atoms in total. The average molecular weight is 383 g/mol. The summed E-state index contributed by atoms with van der Waals surface area (Å²) in [6.07, 6.45) is 5.49. The van der Waals surface area contributed by atoms with Gasteiger partial charge in [-0.3, -0.25) is 4.90 Å². The van der Waals surface area contributed by atoms with Crippen molar-refractivity contribution in [1.82, 2.24) is 14.5 Å². The van der Waals surface area contributed by atoms with Crippen LogP contribution in [0.5, 0.6) is 5.75 Å². The van der Waals surface area contributed by atoms with Crippen LogP contribution in [0.3, 0.4) is 0 Å². The zero-order valence-corrected chi connectivity index (χ0v) is 16.6. The molecule has 0 aliphatic heterocycles. The Morgan fingerprint density at radius 3 is 2.07 bits per heavy atom. The number of rotatable bonds is 8. The Morgan fingerprint density at radius 1 is 0.828 bits per heavy atom. The van der Waals surface area contributed by atoms with Crippen molar-refractivity contribution < 1.29 is 4.74 Å². The van der Waals surface area contributed by atoms with E-state index < -0.39 is 0 Å². The molecule has 0 bridgehead atoms. The molecule has 1 atom stereocenters. The Bertz CT molecular complexity index is 983. The number of para-hydroxylation sites is 1. The molecule has 1 aromatic heterocycles. The number of hydrogen-bond donors (Lipinski definition) is 0. The van der Waals surface area contributed by atoms with E-state index in [0.29, 0.717) is 0 Å². The number of benzene rings is 3. The van der Waals surface area contributed by atoms with Crippen molar-refractivity contribution in [3.05, 3.63) is 115 Å². The van der Waals surface area contributed by atoms with Gasteiger partial charge in [-0.15, -0.1) is 0 Å². The number of ether oxygens (including phenoxy) is 1. The lowest BCUT2D eigenvalue weighted by molar-refractivity contribution is 0.0269. The summed E-state index contributed by atoms with van der Waals surface area (Å²) >= 11 is 0. The topological polar surface area (TPSA) is 30.3 Å². The van der Waals surface area contributed by atoms with Crippen molar-refractivity contribution in [2.75, 3.05) is 0 Å². The third-order valence-corrected chi connectivity index (χ3v) is 4.92. The summed E-state index contributed by atoms with van der Waals surface area (Å²) in [5, 5.41) is 0. The lowest BCUT2D eigenvalue weighted by atomic mass is 10.1. The minimum absolute atomic E-state index is 0.0640. The van der Waals surface area contributed by atoms with Gasteiger partial charge in [0.1, 0.15) is 12.0 Å². The first-order valence-electron chi connectivity index (χ1n) is 9.85. The van der Waals surface area contributed by atoms with Crippen LogP contribution < -0.4 is 4.74 Å². The molecule has 4 aromatic rings. The Labute approximate surface area is 172 Å². The maximum absolute atomic E-state index is 6.22. The van der Waals surface area contributed by atoms with Crippen LogP contribution in [-0.2, 0) is 13.1 Å². The summed E-state index contributed by atoms with van der Waals surface area (Å²) in [5.74, 6) is 0.883. The van der Waals surface area contributed by atoms with E-state index in [-0.39, 0.29) is 6.23 Å². The van der Waals surface area contributed by atoms with Gasteiger partial charge in [0.05, 0.1) is 6.33 Å². The molecule has 1 unspecified atom stereocenters. The molecule has 4 rings (SSSR count). The van der Waals surface area contributed by atoms with E-state index in [4.69, 9.17) is 4.74 Å². The Balaban J connectivity index is 1.51. The Kier molecular flexibility index (Phi) is 6.03. The fraction of sp³-hybridized carbons (Fsp3) is 0.160. The molecule has 29 heavy (non-hydrogen) atoms. The first-order valence-corrected chi connectivity index (χ1v) is 9.85. The molecule has 0 amide bonds. The highest BCUT2D eigenvalue weighted by Crippen LogP contribution is 2.19. The lowest BCUT2D eigenvalue weighted by Gasteiger charge is -2.29. The highest BCUT2D eigenvalue weighted by atomic mass is 16.5. The van der Waals surface area contributed by atoms with Crippen LogP contribution in [0.4, 0.5) is 0 Å². The number of imidazole rings is 1. The van der Waals surface area contributed by atoms with Crippen LogP contribution >= 0.6 is 0 Å². The highest BCUT2D eigenvalue weighted by Gasteiger charge is 2.16. The van der Waals surface area contributed by atoms with Crippen LogP contribution in [-0.4, -0.2) is 20.7 Å². The maximum atomic E-state index is 6.22. The van der Waals surface area contributed by atoms with Gasteiger partial charge in [-0.25, -0.2) is 4.98 Å². The molecule has 146 valence electrons. The number of aromatic nitrogens is 2. The molecule has 0 spiro atoms. The standard InChI is InChI=1S/C25H25N3O/c1-21(29-25-10-6-3-7-11-25)28(18-22-8-4-2-5-9-22)19-23-12-14-24(15-13-23)27-17-16-26-20-27/h2-17,20-21H,18-19H2,1H3. The predicted octanol–water partition coefficient (Wildman–Crippen LogP) is 5.30. The molecule has 4 heteroatoms. The summed E-state index contributed by atoms with van der Waals surface area (Å²) in [7, 11) is 0. The van der Waals surface area contributed by atoms with Crippen molar-refractivity contribution in [2.24, 2.45) is 0 Å². The summed E-state index contributed by atoms with van der Waals surface area (Å²) in [4.78, 5) is 6.46. The molecule has 0 aliphatic rings.